The molecular formula is C12H14N6. The highest BCUT2D eigenvalue weighted by Gasteiger charge is 2.07. The lowest BCUT2D eigenvalue weighted by Gasteiger charge is -2.07. The van der Waals surface area contributed by atoms with Gasteiger partial charge in [-0.25, -0.2) is 4.98 Å². The van der Waals surface area contributed by atoms with E-state index in [-0.39, 0.29) is 0 Å². The lowest BCUT2D eigenvalue weighted by molar-refractivity contribution is 0.756. The van der Waals surface area contributed by atoms with Gasteiger partial charge in [-0.2, -0.15) is 14.7 Å². The number of anilines is 2. The summed E-state index contributed by atoms with van der Waals surface area (Å²) in [6, 6.07) is 4.03. The van der Waals surface area contributed by atoms with Gasteiger partial charge < -0.3 is 5.32 Å². The highest BCUT2D eigenvalue weighted by atomic mass is 15.3. The van der Waals surface area contributed by atoms with E-state index in [1.807, 2.05) is 39.2 Å². The second-order valence-corrected chi connectivity index (χ2v) is 4.37. The molecule has 92 valence electrons. The van der Waals surface area contributed by atoms with Crippen LogP contribution in [0.5, 0.6) is 0 Å². The van der Waals surface area contributed by atoms with Crippen LogP contribution in [0, 0.1) is 13.8 Å². The Hall–Kier alpha value is -2.37. The lowest BCUT2D eigenvalue weighted by Crippen LogP contribution is -2.00. The molecule has 0 aromatic carbocycles. The zero-order valence-electron chi connectivity index (χ0n) is 10.5. The van der Waals surface area contributed by atoms with E-state index in [0.29, 0.717) is 0 Å². The van der Waals surface area contributed by atoms with Crippen LogP contribution in [0.25, 0.3) is 5.65 Å². The molecule has 3 aromatic rings. The quantitative estimate of drug-likeness (QED) is 0.744. The summed E-state index contributed by atoms with van der Waals surface area (Å²) in [6.45, 7) is 4.01. The summed E-state index contributed by atoms with van der Waals surface area (Å²) in [5, 5.41) is 11.9. The number of pyridine rings is 1. The summed E-state index contributed by atoms with van der Waals surface area (Å²) in [6.07, 6.45) is 3.50. The van der Waals surface area contributed by atoms with Crippen molar-refractivity contribution in [1.82, 2.24) is 24.4 Å². The van der Waals surface area contributed by atoms with Crippen molar-refractivity contribution in [2.24, 2.45) is 7.05 Å². The van der Waals surface area contributed by atoms with Crippen LogP contribution in [-0.2, 0) is 7.05 Å². The topological polar surface area (TPSA) is 60.0 Å². The van der Waals surface area contributed by atoms with Crippen LogP contribution in [0.2, 0.25) is 0 Å². The maximum Gasteiger partial charge on any atom is 0.157 e. The van der Waals surface area contributed by atoms with Gasteiger partial charge >= 0.3 is 0 Å². The number of nitrogens with one attached hydrogen (secondary N) is 1. The molecule has 0 saturated carbocycles. The summed E-state index contributed by atoms with van der Waals surface area (Å²) in [5.74, 6) is 0.888. The molecule has 18 heavy (non-hydrogen) atoms. The van der Waals surface area contributed by atoms with Crippen molar-refractivity contribution in [3.8, 4) is 0 Å². The van der Waals surface area contributed by atoms with E-state index in [2.05, 4.69) is 20.5 Å². The Morgan fingerprint density at radius 3 is 2.78 bits per heavy atom. The SMILES string of the molecule is Cc1cc(Nc2cn(C)nc2C)n2ncnc2c1. The lowest BCUT2D eigenvalue weighted by atomic mass is 10.3. The van der Waals surface area contributed by atoms with Gasteiger partial charge in [0.2, 0.25) is 0 Å². The van der Waals surface area contributed by atoms with Crippen molar-refractivity contribution in [2.45, 2.75) is 13.8 Å². The van der Waals surface area contributed by atoms with Crippen LogP contribution >= 0.6 is 0 Å². The highest BCUT2D eigenvalue weighted by Crippen LogP contribution is 2.20. The van der Waals surface area contributed by atoms with Crippen molar-refractivity contribution < 1.29 is 0 Å². The van der Waals surface area contributed by atoms with Crippen molar-refractivity contribution >= 4 is 17.2 Å². The second kappa shape index (κ2) is 3.83. The summed E-state index contributed by atoms with van der Waals surface area (Å²) in [5.41, 5.74) is 3.89. The van der Waals surface area contributed by atoms with E-state index >= 15 is 0 Å². The third kappa shape index (κ3) is 1.71. The van der Waals surface area contributed by atoms with Crippen LogP contribution in [0.3, 0.4) is 0 Å². The van der Waals surface area contributed by atoms with E-state index in [1.165, 1.54) is 0 Å². The Morgan fingerprint density at radius 1 is 1.22 bits per heavy atom. The number of rotatable bonds is 2. The van der Waals surface area contributed by atoms with Crippen LogP contribution in [0.4, 0.5) is 11.5 Å². The van der Waals surface area contributed by atoms with E-state index < -0.39 is 0 Å². The average molecular weight is 242 g/mol. The first-order valence-corrected chi connectivity index (χ1v) is 5.71. The fourth-order valence-electron chi connectivity index (χ4n) is 2.01. The molecule has 6 nitrogen and oxygen atoms in total. The van der Waals surface area contributed by atoms with E-state index in [1.54, 1.807) is 15.5 Å². The normalized spacial score (nSPS) is 11.1. The molecule has 3 aromatic heterocycles. The highest BCUT2D eigenvalue weighted by molar-refractivity contribution is 5.61. The Morgan fingerprint density at radius 2 is 2.06 bits per heavy atom. The number of nitrogens with zero attached hydrogens (tertiary/aromatic N) is 5. The largest absolute Gasteiger partial charge is 0.337 e. The Labute approximate surface area is 104 Å². The maximum absolute atomic E-state index is 4.31. The molecule has 3 rings (SSSR count). The third-order valence-electron chi connectivity index (χ3n) is 2.80. The van der Waals surface area contributed by atoms with E-state index in [9.17, 15) is 0 Å². The first kappa shape index (κ1) is 10.8. The molecular weight excluding hydrogens is 228 g/mol. The van der Waals surface area contributed by atoms with Gasteiger partial charge in [0.25, 0.3) is 0 Å². The van der Waals surface area contributed by atoms with Gasteiger partial charge in [0.15, 0.2) is 5.65 Å². The number of fused-ring (bicyclic) bond motifs is 1. The van der Waals surface area contributed by atoms with Crippen LogP contribution in [0.1, 0.15) is 11.3 Å². The predicted molar refractivity (Wildman–Crippen MR) is 69.0 cm³/mol. The standard InChI is InChI=1S/C12H14N6/c1-8-4-11-13-7-14-18(11)12(5-8)15-10-6-17(3)16-9(10)2/h4-7,15H,1-3H3. The molecule has 0 bridgehead atoms. The average Bonchev–Trinajstić information content (AvgIpc) is 2.86. The van der Waals surface area contributed by atoms with Gasteiger partial charge in [-0.05, 0) is 31.5 Å². The number of hydrogen-bond acceptors (Lipinski definition) is 4. The zero-order chi connectivity index (χ0) is 12.7. The Bertz CT molecular complexity index is 709. The Balaban J connectivity index is 2.09. The van der Waals surface area contributed by atoms with Crippen molar-refractivity contribution in [1.29, 1.82) is 0 Å². The van der Waals surface area contributed by atoms with E-state index in [0.717, 1.165) is 28.4 Å². The molecule has 0 aliphatic carbocycles. The summed E-state index contributed by atoms with van der Waals surface area (Å²) in [4.78, 5) is 4.20. The van der Waals surface area contributed by atoms with E-state index in [4.69, 9.17) is 0 Å². The van der Waals surface area contributed by atoms with Crippen molar-refractivity contribution in [3.63, 3.8) is 0 Å². The van der Waals surface area contributed by atoms with Crippen LogP contribution in [-0.4, -0.2) is 24.4 Å². The number of aryl methyl sites for hydroxylation is 3. The molecule has 6 heteroatoms. The van der Waals surface area contributed by atoms with Gasteiger partial charge in [-0.3, -0.25) is 4.68 Å². The minimum atomic E-state index is 0.832. The fraction of sp³-hybridized carbons (Fsp3) is 0.250. The smallest absolute Gasteiger partial charge is 0.157 e. The van der Waals surface area contributed by atoms with Gasteiger partial charge in [0.1, 0.15) is 12.1 Å². The minimum absolute atomic E-state index is 0.832. The second-order valence-electron chi connectivity index (χ2n) is 4.37. The number of hydrogen-bond donors (Lipinski definition) is 1. The zero-order valence-corrected chi connectivity index (χ0v) is 10.5. The molecule has 0 radical (unpaired) electrons. The van der Waals surface area contributed by atoms with Crippen LogP contribution in [0.15, 0.2) is 24.7 Å². The van der Waals surface area contributed by atoms with Gasteiger partial charge in [-0.1, -0.05) is 0 Å². The first-order chi connectivity index (χ1) is 8.63. The molecule has 0 amide bonds. The fourth-order valence-corrected chi connectivity index (χ4v) is 2.01. The molecule has 0 spiro atoms. The molecule has 0 saturated heterocycles. The molecule has 0 atom stereocenters. The first-order valence-electron chi connectivity index (χ1n) is 5.71. The monoisotopic (exact) mass is 242 g/mol. The predicted octanol–water partition coefficient (Wildman–Crippen LogP) is 1.82. The molecule has 0 fully saturated rings. The molecule has 3 heterocycles. The summed E-state index contributed by atoms with van der Waals surface area (Å²) >= 11 is 0. The molecule has 0 aliphatic heterocycles. The Kier molecular flexibility index (Phi) is 2.29. The van der Waals surface area contributed by atoms with Gasteiger partial charge in [0.05, 0.1) is 11.4 Å². The minimum Gasteiger partial charge on any atom is -0.337 e. The number of aromatic nitrogens is 5. The van der Waals surface area contributed by atoms with Gasteiger partial charge in [-0.15, -0.1) is 0 Å². The van der Waals surface area contributed by atoms with Gasteiger partial charge in [0, 0.05) is 13.2 Å². The van der Waals surface area contributed by atoms with Crippen LogP contribution < -0.4 is 5.32 Å². The summed E-state index contributed by atoms with van der Waals surface area (Å²) in [7, 11) is 1.90. The molecule has 0 unspecified atom stereocenters. The third-order valence-corrected chi connectivity index (χ3v) is 2.80. The molecule has 0 aliphatic rings. The maximum atomic E-state index is 4.31. The summed E-state index contributed by atoms with van der Waals surface area (Å²) < 4.78 is 3.56. The van der Waals surface area contributed by atoms with Crippen molar-refractivity contribution in [2.75, 3.05) is 5.32 Å². The van der Waals surface area contributed by atoms with Crippen molar-refractivity contribution in [3.05, 3.63) is 35.9 Å². The molecule has 1 N–H and O–H groups in total.